The van der Waals surface area contributed by atoms with Gasteiger partial charge < -0.3 is 15.5 Å². The van der Waals surface area contributed by atoms with E-state index < -0.39 is 12.1 Å². The minimum atomic E-state index is -0.873. The molecule has 0 aliphatic heterocycles. The van der Waals surface area contributed by atoms with Crippen molar-refractivity contribution in [2.24, 2.45) is 0 Å². The van der Waals surface area contributed by atoms with E-state index >= 15 is 0 Å². The van der Waals surface area contributed by atoms with E-state index in [1.807, 2.05) is 6.08 Å². The number of hydrogen-bond donors (Lipinski definition) is 3. The summed E-state index contributed by atoms with van der Waals surface area (Å²) in [4.78, 5) is 12.4. The van der Waals surface area contributed by atoms with Crippen LogP contribution >= 0.6 is 0 Å². The van der Waals surface area contributed by atoms with Gasteiger partial charge in [-0.2, -0.15) is 0 Å². The third kappa shape index (κ3) is 45.9. The predicted octanol–water partition coefficient (Wildman–Crippen LogP) is 16.1. The van der Waals surface area contributed by atoms with Crippen molar-refractivity contribution in [3.63, 3.8) is 0 Å². The molecule has 2 unspecified atom stereocenters. The smallest absolute Gasteiger partial charge is 0.220 e. The Morgan fingerprint density at radius 1 is 0.417 bits per heavy atom. The minimum absolute atomic E-state index is 0.0886. The average molecular weight is 828 g/mol. The van der Waals surface area contributed by atoms with Gasteiger partial charge in [-0.05, 0) is 96.3 Å². The zero-order chi connectivity index (χ0) is 43.5. The molecule has 0 aliphatic carbocycles. The highest BCUT2D eigenvalue weighted by atomic mass is 16.3. The number of unbranched alkanes of at least 4 members (excludes halogenated alkanes) is 18. The van der Waals surface area contributed by atoms with Crippen molar-refractivity contribution in [1.82, 2.24) is 5.32 Å². The highest BCUT2D eigenvalue weighted by Crippen LogP contribution is 2.13. The fourth-order valence-corrected chi connectivity index (χ4v) is 6.68. The second-order valence-corrected chi connectivity index (χ2v) is 16.1. The van der Waals surface area contributed by atoms with E-state index in [4.69, 9.17) is 0 Å². The lowest BCUT2D eigenvalue weighted by Gasteiger charge is -2.19. The Kier molecular flexibility index (Phi) is 47.5. The molecule has 1 amide bonds. The standard InChI is InChI=1S/C56H93NO3/c1-3-5-7-9-11-13-15-17-19-20-21-22-23-24-25-26-27-28-29-30-31-32-33-34-35-36-38-40-42-44-46-48-50-52-56(60)57-54(53-58)55(59)51-49-47-45-43-41-39-37-18-16-14-12-10-8-6-4-2/h5,7,11,13,17,19,21-22,24-25,27-28,30-31,33-34,41,43,49,51,54-55,58-59H,3-4,6,8-10,12,14-16,18,20,23,26,29,32,35-40,42,44-48,50,52-53H2,1-2H3,(H,57,60)/b7-5-,13-11-,19-17-,22-21-,25-24-,28-27-,31-30-,34-33-,43-41+,51-49+. The normalized spacial score (nSPS) is 14.0. The number of aliphatic hydroxyl groups excluding tert-OH is 2. The van der Waals surface area contributed by atoms with Crippen LogP contribution in [-0.2, 0) is 4.79 Å². The molecule has 0 spiro atoms. The van der Waals surface area contributed by atoms with Gasteiger partial charge in [0.25, 0.3) is 0 Å². The first-order chi connectivity index (χ1) is 29.7. The fraction of sp³-hybridized carbons (Fsp3) is 0.625. The highest BCUT2D eigenvalue weighted by Gasteiger charge is 2.17. The lowest BCUT2D eigenvalue weighted by atomic mass is 10.1. The van der Waals surface area contributed by atoms with Gasteiger partial charge in [0.05, 0.1) is 18.8 Å². The monoisotopic (exact) mass is 828 g/mol. The summed E-state index contributed by atoms with van der Waals surface area (Å²) in [6.45, 7) is 4.16. The summed E-state index contributed by atoms with van der Waals surface area (Å²) in [5.41, 5.74) is 0. The van der Waals surface area contributed by atoms with Crippen molar-refractivity contribution in [3.05, 3.63) is 122 Å². The van der Waals surface area contributed by atoms with Crippen LogP contribution in [0.1, 0.15) is 206 Å². The Bertz CT molecular complexity index is 1210. The summed E-state index contributed by atoms with van der Waals surface area (Å²) < 4.78 is 0. The molecule has 3 N–H and O–H groups in total. The maximum Gasteiger partial charge on any atom is 0.220 e. The summed E-state index contributed by atoms with van der Waals surface area (Å²) in [5.74, 6) is -0.0886. The Balaban J connectivity index is 3.67. The van der Waals surface area contributed by atoms with Gasteiger partial charge in [0.1, 0.15) is 0 Å². The molecular weight excluding hydrogens is 735 g/mol. The summed E-state index contributed by atoms with van der Waals surface area (Å²) in [5, 5.41) is 23.0. The number of rotatable bonds is 43. The van der Waals surface area contributed by atoms with E-state index in [0.29, 0.717) is 6.42 Å². The van der Waals surface area contributed by atoms with Gasteiger partial charge in [0.2, 0.25) is 5.91 Å². The molecule has 0 bridgehead atoms. The number of carbonyl (C=O) groups is 1. The molecule has 340 valence electrons. The van der Waals surface area contributed by atoms with E-state index in [9.17, 15) is 15.0 Å². The molecule has 0 saturated carbocycles. The Morgan fingerprint density at radius 2 is 0.750 bits per heavy atom. The van der Waals surface area contributed by atoms with Crippen LogP contribution in [0.4, 0.5) is 0 Å². The van der Waals surface area contributed by atoms with Crippen molar-refractivity contribution in [1.29, 1.82) is 0 Å². The summed E-state index contributed by atoms with van der Waals surface area (Å²) in [6, 6.07) is -0.652. The molecule has 0 aromatic carbocycles. The van der Waals surface area contributed by atoms with Crippen LogP contribution in [0.2, 0.25) is 0 Å². The molecule has 4 heteroatoms. The van der Waals surface area contributed by atoms with Crippen LogP contribution in [0.3, 0.4) is 0 Å². The SMILES string of the molecule is CC/C=C\C/C=C\C/C=C\C/C=C\C/C=C\C/C=C\C/C=C\C/C=C\CCCCCCCCCCC(=O)NC(CO)C(O)/C=C/CC/C=C/CCCCCCCCCCC. The molecule has 2 atom stereocenters. The van der Waals surface area contributed by atoms with Gasteiger partial charge in [-0.3, -0.25) is 4.79 Å². The highest BCUT2D eigenvalue weighted by molar-refractivity contribution is 5.76. The van der Waals surface area contributed by atoms with Crippen molar-refractivity contribution in [2.75, 3.05) is 6.61 Å². The first-order valence-electron chi connectivity index (χ1n) is 24.7. The maximum absolute atomic E-state index is 12.4. The second-order valence-electron chi connectivity index (χ2n) is 16.1. The molecule has 0 aliphatic rings. The molecule has 0 rings (SSSR count). The van der Waals surface area contributed by atoms with Crippen LogP contribution in [0.25, 0.3) is 0 Å². The van der Waals surface area contributed by atoms with E-state index in [2.05, 4.69) is 129 Å². The lowest BCUT2D eigenvalue weighted by molar-refractivity contribution is -0.123. The van der Waals surface area contributed by atoms with Crippen LogP contribution in [0, 0.1) is 0 Å². The number of aliphatic hydroxyl groups is 2. The molecular formula is C56H93NO3. The largest absolute Gasteiger partial charge is 0.394 e. The lowest BCUT2D eigenvalue weighted by Crippen LogP contribution is -2.45. The molecule has 0 aromatic heterocycles. The first-order valence-corrected chi connectivity index (χ1v) is 24.7. The summed E-state index contributed by atoms with van der Waals surface area (Å²) >= 11 is 0. The van der Waals surface area contributed by atoms with Crippen LogP contribution < -0.4 is 5.32 Å². The number of nitrogens with one attached hydrogen (secondary N) is 1. The van der Waals surface area contributed by atoms with E-state index in [-0.39, 0.29) is 12.5 Å². The van der Waals surface area contributed by atoms with Crippen LogP contribution in [0.5, 0.6) is 0 Å². The fourth-order valence-electron chi connectivity index (χ4n) is 6.68. The van der Waals surface area contributed by atoms with Gasteiger partial charge in [-0.1, -0.05) is 225 Å². The molecule has 0 aromatic rings. The second kappa shape index (κ2) is 50.1. The Hall–Kier alpha value is -3.21. The predicted molar refractivity (Wildman–Crippen MR) is 266 cm³/mol. The Morgan fingerprint density at radius 3 is 1.17 bits per heavy atom. The van der Waals surface area contributed by atoms with Gasteiger partial charge in [0, 0.05) is 6.42 Å². The molecule has 0 radical (unpaired) electrons. The van der Waals surface area contributed by atoms with Crippen molar-refractivity contribution in [2.45, 2.75) is 219 Å². The Labute approximate surface area is 371 Å². The maximum atomic E-state index is 12.4. The van der Waals surface area contributed by atoms with E-state index in [1.165, 1.54) is 89.9 Å². The zero-order valence-corrected chi connectivity index (χ0v) is 38.9. The molecule has 60 heavy (non-hydrogen) atoms. The quantitative estimate of drug-likeness (QED) is 0.0424. The van der Waals surface area contributed by atoms with Crippen molar-refractivity contribution < 1.29 is 15.0 Å². The number of allylic oxidation sites excluding steroid dienone is 19. The third-order valence-electron chi connectivity index (χ3n) is 10.4. The molecule has 0 saturated heterocycles. The van der Waals surface area contributed by atoms with Crippen molar-refractivity contribution >= 4 is 5.91 Å². The number of amides is 1. The first kappa shape index (κ1) is 56.8. The summed E-state index contributed by atoms with van der Waals surface area (Å²) in [6.07, 6.45) is 77.5. The van der Waals surface area contributed by atoms with Gasteiger partial charge >= 0.3 is 0 Å². The van der Waals surface area contributed by atoms with Gasteiger partial charge in [-0.25, -0.2) is 0 Å². The zero-order valence-electron chi connectivity index (χ0n) is 38.9. The van der Waals surface area contributed by atoms with E-state index in [1.54, 1.807) is 6.08 Å². The minimum Gasteiger partial charge on any atom is -0.394 e. The topological polar surface area (TPSA) is 69.6 Å². The van der Waals surface area contributed by atoms with E-state index in [0.717, 1.165) is 96.3 Å². The molecule has 0 heterocycles. The average Bonchev–Trinajstić information content (AvgIpc) is 3.25. The molecule has 0 fully saturated rings. The van der Waals surface area contributed by atoms with Gasteiger partial charge in [-0.15, -0.1) is 0 Å². The number of hydrogen-bond acceptors (Lipinski definition) is 3. The molecule has 4 nitrogen and oxygen atoms in total. The van der Waals surface area contributed by atoms with Crippen LogP contribution in [0.15, 0.2) is 122 Å². The number of carbonyl (C=O) groups excluding carboxylic acids is 1. The van der Waals surface area contributed by atoms with Crippen LogP contribution in [-0.4, -0.2) is 34.9 Å². The van der Waals surface area contributed by atoms with Crippen molar-refractivity contribution in [3.8, 4) is 0 Å². The summed E-state index contributed by atoms with van der Waals surface area (Å²) in [7, 11) is 0. The van der Waals surface area contributed by atoms with Gasteiger partial charge in [0.15, 0.2) is 0 Å². The third-order valence-corrected chi connectivity index (χ3v) is 10.4.